The van der Waals surface area contributed by atoms with Crippen LogP contribution in [0.25, 0.3) is 0 Å². The average Bonchev–Trinajstić information content (AvgIpc) is 3.10. The number of nitrogens with zero attached hydrogens (tertiary/aromatic N) is 2. The molecule has 0 spiro atoms. The van der Waals surface area contributed by atoms with Gasteiger partial charge in [0.1, 0.15) is 0 Å². The summed E-state index contributed by atoms with van der Waals surface area (Å²) >= 11 is 0. The summed E-state index contributed by atoms with van der Waals surface area (Å²) in [5, 5.41) is 2.95. The van der Waals surface area contributed by atoms with Gasteiger partial charge in [-0.25, -0.2) is 0 Å². The van der Waals surface area contributed by atoms with Crippen LogP contribution in [-0.4, -0.2) is 53.4 Å². The highest BCUT2D eigenvalue weighted by atomic mass is 16.1. The summed E-state index contributed by atoms with van der Waals surface area (Å²) in [5.74, 6) is 0.000822. The van der Waals surface area contributed by atoms with E-state index in [9.17, 15) is 4.79 Å². The number of hydrogen-bond donors (Lipinski definition) is 2. The van der Waals surface area contributed by atoms with Crippen LogP contribution in [-0.2, 0) is 17.8 Å². The first-order valence-corrected chi connectivity index (χ1v) is 8.68. The van der Waals surface area contributed by atoms with Gasteiger partial charge in [0.15, 0.2) is 0 Å². The van der Waals surface area contributed by atoms with Crippen molar-refractivity contribution in [1.82, 2.24) is 14.8 Å². The van der Waals surface area contributed by atoms with Crippen LogP contribution in [0.3, 0.4) is 0 Å². The van der Waals surface area contributed by atoms with E-state index in [1.807, 2.05) is 30.5 Å². The Hall–Kier alpha value is -2.11. The number of benzene rings is 1. The number of nitrogens with one attached hydrogen (secondary N) is 2. The Morgan fingerprint density at radius 1 is 1.08 bits per heavy atom. The van der Waals surface area contributed by atoms with Crippen molar-refractivity contribution in [2.45, 2.75) is 19.9 Å². The van der Waals surface area contributed by atoms with E-state index in [4.69, 9.17) is 0 Å². The Balaban J connectivity index is 1.47. The number of amides is 1. The molecule has 1 aliphatic rings. The van der Waals surface area contributed by atoms with E-state index in [2.05, 4.69) is 39.2 Å². The summed E-state index contributed by atoms with van der Waals surface area (Å²) in [6, 6.07) is 12.0. The normalized spacial score (nSPS) is 16.2. The van der Waals surface area contributed by atoms with Crippen LogP contribution in [0.4, 0.5) is 5.69 Å². The minimum Gasteiger partial charge on any atom is -0.365 e. The van der Waals surface area contributed by atoms with Crippen molar-refractivity contribution in [2.75, 3.05) is 38.0 Å². The number of piperazine rings is 1. The molecule has 5 nitrogen and oxygen atoms in total. The second-order valence-electron chi connectivity index (χ2n) is 6.33. The molecule has 0 bridgehead atoms. The molecule has 0 aliphatic carbocycles. The molecule has 3 rings (SSSR count). The molecule has 5 heteroatoms. The largest absolute Gasteiger partial charge is 0.365 e. The first-order valence-electron chi connectivity index (χ1n) is 8.68. The number of anilines is 1. The zero-order valence-corrected chi connectivity index (χ0v) is 14.3. The molecular weight excluding hydrogens is 300 g/mol. The van der Waals surface area contributed by atoms with E-state index in [1.54, 1.807) is 0 Å². The number of carbonyl (C=O) groups is 1. The quantitative estimate of drug-likeness (QED) is 0.857. The lowest BCUT2D eigenvalue weighted by Gasteiger charge is -2.34. The maximum absolute atomic E-state index is 12.0. The number of aromatic nitrogens is 1. The second kappa shape index (κ2) is 8.13. The van der Waals surface area contributed by atoms with Crippen molar-refractivity contribution >= 4 is 11.6 Å². The summed E-state index contributed by atoms with van der Waals surface area (Å²) in [6.07, 6.45) is 2.20. The van der Waals surface area contributed by atoms with Gasteiger partial charge in [-0.1, -0.05) is 19.1 Å². The summed E-state index contributed by atoms with van der Waals surface area (Å²) in [6.45, 7) is 8.91. The molecule has 1 fully saturated rings. The maximum Gasteiger partial charge on any atom is 0.230 e. The van der Waals surface area contributed by atoms with Gasteiger partial charge in [-0.3, -0.25) is 9.69 Å². The molecule has 0 radical (unpaired) electrons. The van der Waals surface area contributed by atoms with Gasteiger partial charge in [0.05, 0.1) is 6.42 Å². The number of likely N-dealkylation sites (N-methyl/N-ethyl adjacent to an activating group) is 1. The van der Waals surface area contributed by atoms with E-state index >= 15 is 0 Å². The van der Waals surface area contributed by atoms with Crippen molar-refractivity contribution in [1.29, 1.82) is 0 Å². The molecule has 1 aromatic carbocycles. The lowest BCUT2D eigenvalue weighted by molar-refractivity contribution is -0.115. The van der Waals surface area contributed by atoms with E-state index < -0.39 is 0 Å². The van der Waals surface area contributed by atoms with Crippen molar-refractivity contribution in [3.63, 3.8) is 0 Å². The summed E-state index contributed by atoms with van der Waals surface area (Å²) in [4.78, 5) is 20.0. The van der Waals surface area contributed by atoms with Gasteiger partial charge in [0.2, 0.25) is 5.91 Å². The highest BCUT2D eigenvalue weighted by Gasteiger charge is 2.15. The van der Waals surface area contributed by atoms with Gasteiger partial charge in [0.25, 0.3) is 0 Å². The standard InChI is InChI=1S/C19H26N4O/c1-2-22-10-12-23(13-11-22)15-16-5-7-17(8-6-16)21-19(24)14-18-4-3-9-20-18/h3-9,20H,2,10-15H2,1H3,(H,21,24). The number of rotatable bonds is 6. The number of H-pyrrole nitrogens is 1. The topological polar surface area (TPSA) is 51.4 Å². The molecule has 0 unspecified atom stereocenters. The van der Waals surface area contributed by atoms with Crippen LogP contribution in [0.1, 0.15) is 18.2 Å². The predicted molar refractivity (Wildman–Crippen MR) is 97.0 cm³/mol. The molecule has 0 saturated carbocycles. The number of carbonyl (C=O) groups excluding carboxylic acids is 1. The van der Waals surface area contributed by atoms with Gasteiger partial charge in [0, 0.05) is 50.3 Å². The average molecular weight is 326 g/mol. The van der Waals surface area contributed by atoms with Crippen LogP contribution >= 0.6 is 0 Å². The Bertz CT molecular complexity index is 628. The fourth-order valence-corrected chi connectivity index (χ4v) is 3.07. The van der Waals surface area contributed by atoms with E-state index in [-0.39, 0.29) is 5.91 Å². The molecule has 1 saturated heterocycles. The third kappa shape index (κ3) is 4.69. The van der Waals surface area contributed by atoms with Crippen molar-refractivity contribution in [3.05, 3.63) is 53.9 Å². The fraction of sp³-hybridized carbons (Fsp3) is 0.421. The number of hydrogen-bond acceptors (Lipinski definition) is 3. The molecule has 0 atom stereocenters. The van der Waals surface area contributed by atoms with Crippen LogP contribution in [0.2, 0.25) is 0 Å². The zero-order chi connectivity index (χ0) is 16.8. The summed E-state index contributed by atoms with van der Waals surface area (Å²) in [5.41, 5.74) is 3.07. The van der Waals surface area contributed by atoms with E-state index in [0.29, 0.717) is 6.42 Å². The summed E-state index contributed by atoms with van der Waals surface area (Å²) in [7, 11) is 0. The first kappa shape index (κ1) is 16.7. The Labute approximate surface area is 143 Å². The molecule has 2 N–H and O–H groups in total. The van der Waals surface area contributed by atoms with E-state index in [0.717, 1.165) is 50.6 Å². The van der Waals surface area contributed by atoms with Crippen LogP contribution < -0.4 is 5.32 Å². The third-order valence-electron chi connectivity index (χ3n) is 4.57. The molecular formula is C19H26N4O. The van der Waals surface area contributed by atoms with Crippen LogP contribution in [0.5, 0.6) is 0 Å². The fourth-order valence-electron chi connectivity index (χ4n) is 3.07. The monoisotopic (exact) mass is 326 g/mol. The first-order chi connectivity index (χ1) is 11.7. The molecule has 1 aromatic heterocycles. The van der Waals surface area contributed by atoms with Crippen molar-refractivity contribution < 1.29 is 4.79 Å². The molecule has 128 valence electrons. The maximum atomic E-state index is 12.0. The SMILES string of the molecule is CCN1CCN(Cc2ccc(NC(=O)Cc3ccc[nH]3)cc2)CC1. The zero-order valence-electron chi connectivity index (χ0n) is 14.3. The van der Waals surface area contributed by atoms with Gasteiger partial charge < -0.3 is 15.2 Å². The molecule has 1 amide bonds. The Morgan fingerprint density at radius 2 is 1.79 bits per heavy atom. The predicted octanol–water partition coefficient (Wildman–Crippen LogP) is 2.33. The summed E-state index contributed by atoms with van der Waals surface area (Å²) < 4.78 is 0. The smallest absolute Gasteiger partial charge is 0.230 e. The lowest BCUT2D eigenvalue weighted by atomic mass is 10.1. The number of aromatic amines is 1. The van der Waals surface area contributed by atoms with Crippen LogP contribution in [0.15, 0.2) is 42.6 Å². The van der Waals surface area contributed by atoms with Crippen molar-refractivity contribution in [2.24, 2.45) is 0 Å². The lowest BCUT2D eigenvalue weighted by Crippen LogP contribution is -2.45. The minimum absolute atomic E-state index is 0.000822. The molecule has 2 aromatic rings. The third-order valence-corrected chi connectivity index (χ3v) is 4.57. The van der Waals surface area contributed by atoms with E-state index in [1.165, 1.54) is 5.56 Å². The highest BCUT2D eigenvalue weighted by molar-refractivity contribution is 5.92. The van der Waals surface area contributed by atoms with Gasteiger partial charge in [-0.05, 0) is 36.4 Å². The Morgan fingerprint density at radius 3 is 2.42 bits per heavy atom. The molecule has 2 heterocycles. The van der Waals surface area contributed by atoms with Gasteiger partial charge in [-0.2, -0.15) is 0 Å². The van der Waals surface area contributed by atoms with Gasteiger partial charge >= 0.3 is 0 Å². The van der Waals surface area contributed by atoms with Gasteiger partial charge in [-0.15, -0.1) is 0 Å². The second-order valence-corrected chi connectivity index (χ2v) is 6.33. The molecule has 1 aliphatic heterocycles. The van der Waals surface area contributed by atoms with Crippen LogP contribution in [0, 0.1) is 0 Å². The minimum atomic E-state index is 0.000822. The Kier molecular flexibility index (Phi) is 5.67. The molecule has 24 heavy (non-hydrogen) atoms. The highest BCUT2D eigenvalue weighted by Crippen LogP contribution is 2.13. The van der Waals surface area contributed by atoms with Crippen molar-refractivity contribution in [3.8, 4) is 0 Å².